The largest absolute Gasteiger partial charge is 2.00 e. The minimum Gasteiger partial charge on any atom is -0.501 e. The molecule has 0 atom stereocenters. The van der Waals surface area contributed by atoms with Gasteiger partial charge in [-0.15, -0.1) is 23.6 Å². The third kappa shape index (κ3) is 5.22. The van der Waals surface area contributed by atoms with Crippen LogP contribution >= 0.6 is 0 Å². The average Bonchev–Trinajstić information content (AvgIpc) is 3.68. The number of para-hydroxylation sites is 4. The molecule has 0 unspecified atom stereocenters. The Kier molecular flexibility index (Phi) is 7.86. The van der Waals surface area contributed by atoms with Gasteiger partial charge in [-0.1, -0.05) is 97.0 Å². The number of aromatic nitrogens is 3. The molecule has 0 amide bonds. The van der Waals surface area contributed by atoms with E-state index in [-0.39, 0.29) is 27.0 Å². The van der Waals surface area contributed by atoms with Gasteiger partial charge in [0.2, 0.25) is 0 Å². The zero-order valence-corrected chi connectivity index (χ0v) is 29.1. The quantitative estimate of drug-likeness (QED) is 0.157. The zero-order chi connectivity index (χ0) is 32.2. The van der Waals surface area contributed by atoms with Crippen LogP contribution in [0.2, 0.25) is 0 Å². The number of hydrogen-bond acceptors (Lipinski definition) is 4. The molecule has 9 rings (SSSR count). The van der Waals surface area contributed by atoms with Crippen molar-refractivity contribution in [3.63, 3.8) is 0 Å². The van der Waals surface area contributed by atoms with Gasteiger partial charge in [0.1, 0.15) is 23.0 Å². The van der Waals surface area contributed by atoms with Crippen molar-refractivity contribution in [2.45, 2.75) is 19.8 Å². The average molecular weight is 814 g/mol. The van der Waals surface area contributed by atoms with Gasteiger partial charge in [0.25, 0.3) is 0 Å². The molecule has 4 aromatic heterocycles. The first-order valence-corrected chi connectivity index (χ1v) is 16.2. The summed E-state index contributed by atoms with van der Waals surface area (Å²) in [7, 11) is 0. The summed E-state index contributed by atoms with van der Waals surface area (Å²) in [5.41, 5.74) is 7.47. The Balaban J connectivity index is 0.00000348. The van der Waals surface area contributed by atoms with Gasteiger partial charge in [0.05, 0.1) is 5.58 Å². The number of rotatable bonds is 6. The molecule has 0 saturated heterocycles. The molecular formula is C43H30N4OPt. The topological polar surface area (TPSA) is 47.1 Å². The third-order valence-corrected chi connectivity index (χ3v) is 9.01. The van der Waals surface area contributed by atoms with Crippen LogP contribution in [-0.4, -0.2) is 14.5 Å². The van der Waals surface area contributed by atoms with E-state index < -0.39 is 0 Å². The van der Waals surface area contributed by atoms with Crippen LogP contribution in [0.3, 0.4) is 0 Å². The predicted molar refractivity (Wildman–Crippen MR) is 196 cm³/mol. The van der Waals surface area contributed by atoms with E-state index in [9.17, 15) is 0 Å². The van der Waals surface area contributed by atoms with Crippen LogP contribution < -0.4 is 4.90 Å². The number of nitrogens with zero attached hydrogens (tertiary/aromatic N) is 4. The van der Waals surface area contributed by atoms with Gasteiger partial charge in [0.15, 0.2) is 0 Å². The van der Waals surface area contributed by atoms with Gasteiger partial charge < -0.3 is 8.98 Å². The van der Waals surface area contributed by atoms with Crippen molar-refractivity contribution in [1.82, 2.24) is 14.5 Å². The summed E-state index contributed by atoms with van der Waals surface area (Å²) < 4.78 is 8.62. The van der Waals surface area contributed by atoms with Crippen LogP contribution in [0.4, 0.5) is 17.3 Å². The Morgan fingerprint density at radius 3 is 2.29 bits per heavy atom. The monoisotopic (exact) mass is 813 g/mol. The Labute approximate surface area is 298 Å². The van der Waals surface area contributed by atoms with E-state index in [1.54, 1.807) is 0 Å². The van der Waals surface area contributed by atoms with Crippen LogP contribution in [-0.2, 0) is 21.1 Å². The SMILES string of the molecule is CC(C)c1cc(-c2[c-]ccc3c2oc2ccccc23)nc(N(c2ccccc2)c2cccc(-n3c4[c-]cccc4c4ccccc43)n2)c1.[Pt+2]. The summed E-state index contributed by atoms with van der Waals surface area (Å²) in [6.45, 7) is 4.41. The molecule has 0 aliphatic carbocycles. The Morgan fingerprint density at radius 1 is 0.653 bits per heavy atom. The first-order chi connectivity index (χ1) is 23.6. The molecule has 238 valence electrons. The fourth-order valence-corrected chi connectivity index (χ4v) is 6.70. The van der Waals surface area contributed by atoms with E-state index in [4.69, 9.17) is 14.4 Å². The molecule has 0 N–H and O–H groups in total. The fraction of sp³-hybridized carbons (Fsp3) is 0.0698. The van der Waals surface area contributed by atoms with Gasteiger partial charge in [-0.25, -0.2) is 4.98 Å². The van der Waals surface area contributed by atoms with Crippen molar-refractivity contribution in [2.24, 2.45) is 0 Å². The first kappa shape index (κ1) is 30.8. The van der Waals surface area contributed by atoms with E-state index >= 15 is 0 Å². The van der Waals surface area contributed by atoms with Gasteiger partial charge >= 0.3 is 21.1 Å². The van der Waals surface area contributed by atoms with Crippen molar-refractivity contribution in [3.8, 4) is 17.1 Å². The summed E-state index contributed by atoms with van der Waals surface area (Å²) in [4.78, 5) is 12.8. The summed E-state index contributed by atoms with van der Waals surface area (Å²) >= 11 is 0. The molecule has 5 nitrogen and oxygen atoms in total. The fourth-order valence-electron chi connectivity index (χ4n) is 6.70. The van der Waals surface area contributed by atoms with Crippen molar-refractivity contribution in [2.75, 3.05) is 4.90 Å². The van der Waals surface area contributed by atoms with E-state index in [0.29, 0.717) is 0 Å². The van der Waals surface area contributed by atoms with Crippen LogP contribution in [0.25, 0.3) is 60.8 Å². The maximum atomic E-state index is 6.43. The Morgan fingerprint density at radius 2 is 1.43 bits per heavy atom. The Bertz CT molecular complexity index is 2570. The zero-order valence-electron chi connectivity index (χ0n) is 26.9. The first-order valence-electron chi connectivity index (χ1n) is 16.2. The van der Waals surface area contributed by atoms with Gasteiger partial charge in [-0.3, -0.25) is 9.88 Å². The Hall–Kier alpha value is -5.51. The maximum Gasteiger partial charge on any atom is 2.00 e. The molecule has 6 heteroatoms. The molecule has 49 heavy (non-hydrogen) atoms. The standard InChI is InChI=1S/C43H30N4O.Pt/c1-28(2)29-26-36(35-20-12-19-34-33-18-8-11-23-39(33)48-43(34)35)44-42(27-29)46(30-14-4-3-5-15-30)40-24-13-25-41(45-40)47-37-21-9-6-16-31(37)32-17-7-10-22-38(32)47;/h3-19,21,23-28H,1-2H3;/q-2;+2. The molecule has 4 heterocycles. The molecule has 0 saturated carbocycles. The van der Waals surface area contributed by atoms with Crippen LogP contribution in [0.15, 0.2) is 144 Å². The van der Waals surface area contributed by atoms with E-state index in [2.05, 4.69) is 114 Å². The third-order valence-electron chi connectivity index (χ3n) is 9.01. The molecule has 0 radical (unpaired) electrons. The molecule has 0 aliphatic heterocycles. The maximum absolute atomic E-state index is 6.43. The second-order valence-electron chi connectivity index (χ2n) is 12.3. The normalized spacial score (nSPS) is 11.5. The van der Waals surface area contributed by atoms with Crippen LogP contribution in [0, 0.1) is 12.1 Å². The molecule has 9 aromatic rings. The number of anilines is 3. The van der Waals surface area contributed by atoms with Gasteiger partial charge in [-0.2, -0.15) is 24.3 Å². The number of pyridine rings is 2. The summed E-state index contributed by atoms with van der Waals surface area (Å²) in [6, 6.07) is 54.5. The second-order valence-corrected chi connectivity index (χ2v) is 12.3. The molecule has 0 bridgehead atoms. The predicted octanol–water partition coefficient (Wildman–Crippen LogP) is 11.3. The molecule has 5 aromatic carbocycles. The molecule has 0 aliphatic rings. The van der Waals surface area contributed by atoms with Gasteiger partial charge in [0, 0.05) is 16.6 Å². The summed E-state index contributed by atoms with van der Waals surface area (Å²) in [6.07, 6.45) is 0. The minimum absolute atomic E-state index is 0. The van der Waals surface area contributed by atoms with E-state index in [1.807, 2.05) is 60.7 Å². The van der Waals surface area contributed by atoms with Crippen molar-refractivity contribution < 1.29 is 25.5 Å². The van der Waals surface area contributed by atoms with Crippen molar-refractivity contribution >= 4 is 61.1 Å². The second kappa shape index (κ2) is 12.5. The van der Waals surface area contributed by atoms with Crippen molar-refractivity contribution in [3.05, 3.63) is 157 Å². The van der Waals surface area contributed by atoms with Crippen molar-refractivity contribution in [1.29, 1.82) is 0 Å². The summed E-state index contributed by atoms with van der Waals surface area (Å²) in [5, 5.41) is 4.45. The number of fused-ring (bicyclic) bond motifs is 6. The molecular weight excluding hydrogens is 784 g/mol. The summed E-state index contributed by atoms with van der Waals surface area (Å²) in [5.74, 6) is 2.58. The molecule has 0 spiro atoms. The van der Waals surface area contributed by atoms with Crippen LogP contribution in [0.1, 0.15) is 25.3 Å². The van der Waals surface area contributed by atoms with Gasteiger partial charge in [-0.05, 0) is 65.0 Å². The smallest absolute Gasteiger partial charge is 0.501 e. The number of furan rings is 1. The number of benzene rings is 5. The minimum atomic E-state index is 0. The number of hydrogen-bond donors (Lipinski definition) is 0. The van der Waals surface area contributed by atoms with Crippen LogP contribution in [0.5, 0.6) is 0 Å². The molecule has 0 fully saturated rings. The van der Waals surface area contributed by atoms with E-state index in [0.717, 1.165) is 78.3 Å². The van der Waals surface area contributed by atoms with E-state index in [1.165, 1.54) is 5.39 Å².